The van der Waals surface area contributed by atoms with E-state index in [2.05, 4.69) is 26.3 Å². The second-order valence-electron chi connectivity index (χ2n) is 8.37. The van der Waals surface area contributed by atoms with Crippen molar-refractivity contribution in [2.45, 2.75) is 44.9 Å². The minimum atomic E-state index is -0.779. The highest BCUT2D eigenvalue weighted by atomic mass is 35.5. The normalized spacial score (nSPS) is 13.5. The number of amides is 1. The Morgan fingerprint density at radius 2 is 1.97 bits per heavy atom. The van der Waals surface area contributed by atoms with Crippen molar-refractivity contribution in [3.63, 3.8) is 0 Å². The molecule has 7 heteroatoms. The molecule has 0 spiro atoms. The van der Waals surface area contributed by atoms with E-state index in [-0.39, 0.29) is 11.2 Å². The third kappa shape index (κ3) is 4.57. The Morgan fingerprint density at radius 3 is 2.68 bits per heavy atom. The van der Waals surface area contributed by atoms with Gasteiger partial charge < -0.3 is 5.32 Å². The van der Waals surface area contributed by atoms with Crippen molar-refractivity contribution < 1.29 is 4.79 Å². The molecule has 0 atom stereocenters. The summed E-state index contributed by atoms with van der Waals surface area (Å²) in [4.78, 5) is 25.9. The number of nitrogens with zero attached hydrogens (tertiary/aromatic N) is 4. The number of rotatable bonds is 5. The fourth-order valence-electron chi connectivity index (χ4n) is 3.31. The second kappa shape index (κ2) is 8.09. The second-order valence-corrected chi connectivity index (χ2v) is 8.71. The lowest BCUT2D eigenvalue weighted by Crippen LogP contribution is -2.18. The van der Waals surface area contributed by atoms with E-state index in [1.165, 1.54) is 0 Å². The fraction of sp³-hybridized carbons (Fsp3) is 0.292. The molecule has 1 aliphatic carbocycles. The predicted molar refractivity (Wildman–Crippen MR) is 120 cm³/mol. The Bertz CT molecular complexity index is 1210. The molecule has 1 N–H and O–H groups in total. The number of aryl methyl sites for hydroxylation is 1. The van der Waals surface area contributed by atoms with Crippen LogP contribution in [0, 0.1) is 18.3 Å². The Morgan fingerprint density at radius 1 is 1.19 bits per heavy atom. The van der Waals surface area contributed by atoms with E-state index in [0.29, 0.717) is 22.9 Å². The Labute approximate surface area is 186 Å². The highest BCUT2D eigenvalue weighted by Crippen LogP contribution is 2.40. The summed E-state index contributed by atoms with van der Waals surface area (Å²) >= 11 is 6.17. The number of aromatic nitrogens is 3. The van der Waals surface area contributed by atoms with Crippen molar-refractivity contribution in [2.24, 2.45) is 0 Å². The van der Waals surface area contributed by atoms with E-state index < -0.39 is 5.41 Å². The molecule has 1 fully saturated rings. The number of hydrogen-bond acceptors (Lipinski definition) is 5. The maximum Gasteiger partial charge on any atom is 0.255 e. The number of hydrogen-bond donors (Lipinski definition) is 1. The van der Waals surface area contributed by atoms with E-state index in [4.69, 9.17) is 11.6 Å². The number of anilines is 1. The van der Waals surface area contributed by atoms with Crippen molar-refractivity contribution in [2.75, 3.05) is 5.32 Å². The number of nitriles is 1. The van der Waals surface area contributed by atoms with Gasteiger partial charge >= 0.3 is 0 Å². The first-order valence-corrected chi connectivity index (χ1v) is 10.5. The maximum atomic E-state index is 12.9. The summed E-state index contributed by atoms with van der Waals surface area (Å²) in [6, 6.07) is 13.2. The summed E-state index contributed by atoms with van der Waals surface area (Å²) in [6.45, 7) is 5.53. The van der Waals surface area contributed by atoms with Crippen LogP contribution in [0.5, 0.6) is 0 Å². The molecule has 31 heavy (non-hydrogen) atoms. The number of carbonyl (C=O) groups is 1. The zero-order valence-corrected chi connectivity index (χ0v) is 18.4. The molecule has 4 rings (SSSR count). The van der Waals surface area contributed by atoms with Crippen LogP contribution in [-0.2, 0) is 5.41 Å². The first-order valence-electron chi connectivity index (χ1n) is 10.1. The average Bonchev–Trinajstić information content (AvgIpc) is 3.60. The smallest absolute Gasteiger partial charge is 0.255 e. The Kier molecular flexibility index (Phi) is 5.47. The molecule has 1 aliphatic rings. The monoisotopic (exact) mass is 431 g/mol. The number of pyridine rings is 1. The standard InChI is InChI=1S/C24H22ClN5O/c1-14-4-7-17(11-18(14)20-12-19(15-5-6-15)29-23(25)30-20)28-22(31)16-8-9-27-21(10-16)24(2,3)13-26/h4,7-12,15H,5-6H2,1-3H3,(H,28,31). The third-order valence-corrected chi connectivity index (χ3v) is 5.60. The summed E-state index contributed by atoms with van der Waals surface area (Å²) in [5.41, 5.74) is 4.49. The van der Waals surface area contributed by atoms with Crippen molar-refractivity contribution in [3.8, 4) is 17.3 Å². The predicted octanol–water partition coefficient (Wildman–Crippen LogP) is 5.43. The minimum absolute atomic E-state index is 0.234. The number of benzene rings is 1. The first-order chi connectivity index (χ1) is 14.8. The molecule has 6 nitrogen and oxygen atoms in total. The summed E-state index contributed by atoms with van der Waals surface area (Å²) < 4.78 is 0. The van der Waals surface area contributed by atoms with E-state index in [9.17, 15) is 10.1 Å². The number of nitrogens with one attached hydrogen (secondary N) is 1. The number of carbonyl (C=O) groups excluding carboxylic acids is 1. The lowest BCUT2D eigenvalue weighted by atomic mass is 9.90. The molecule has 1 amide bonds. The molecule has 156 valence electrons. The quantitative estimate of drug-likeness (QED) is 0.543. The summed E-state index contributed by atoms with van der Waals surface area (Å²) in [7, 11) is 0. The van der Waals surface area contributed by atoms with Gasteiger partial charge in [0.1, 0.15) is 0 Å². The molecule has 0 aliphatic heterocycles. The van der Waals surface area contributed by atoms with Crippen molar-refractivity contribution in [3.05, 3.63) is 70.4 Å². The fourth-order valence-corrected chi connectivity index (χ4v) is 3.50. The third-order valence-electron chi connectivity index (χ3n) is 5.43. The Balaban J connectivity index is 1.62. The van der Waals surface area contributed by atoms with Crippen LogP contribution in [0.4, 0.5) is 5.69 Å². The molecule has 1 aromatic carbocycles. The molecule has 0 saturated heterocycles. The van der Waals surface area contributed by atoms with Crippen LogP contribution in [0.1, 0.15) is 59.9 Å². The van der Waals surface area contributed by atoms with Crippen LogP contribution in [0.25, 0.3) is 11.3 Å². The van der Waals surface area contributed by atoms with E-state index in [1.54, 1.807) is 32.2 Å². The van der Waals surface area contributed by atoms with Gasteiger partial charge in [-0.1, -0.05) is 6.07 Å². The molecule has 3 aromatic rings. The molecular formula is C24H22ClN5O. The molecule has 0 bridgehead atoms. The SMILES string of the molecule is Cc1ccc(NC(=O)c2ccnc(C(C)(C)C#N)c2)cc1-c1cc(C2CC2)nc(Cl)n1. The molecule has 0 radical (unpaired) electrons. The van der Waals surface area contributed by atoms with Crippen LogP contribution in [0.3, 0.4) is 0 Å². The zero-order valence-electron chi connectivity index (χ0n) is 17.6. The lowest BCUT2D eigenvalue weighted by molar-refractivity contribution is 0.102. The van der Waals surface area contributed by atoms with E-state index in [0.717, 1.165) is 35.4 Å². The molecule has 1 saturated carbocycles. The van der Waals surface area contributed by atoms with Gasteiger partial charge in [0.05, 0.1) is 22.9 Å². The van der Waals surface area contributed by atoms with Gasteiger partial charge in [0.15, 0.2) is 0 Å². The van der Waals surface area contributed by atoms with Crippen molar-refractivity contribution >= 4 is 23.2 Å². The maximum absolute atomic E-state index is 12.9. The van der Waals surface area contributed by atoms with Crippen molar-refractivity contribution in [1.29, 1.82) is 5.26 Å². The summed E-state index contributed by atoms with van der Waals surface area (Å²) in [5.74, 6) is 0.188. The number of halogens is 1. The van der Waals surface area contributed by atoms with Crippen LogP contribution in [0.2, 0.25) is 5.28 Å². The Hall–Kier alpha value is -3.30. The van der Waals surface area contributed by atoms with Crippen molar-refractivity contribution in [1.82, 2.24) is 15.0 Å². The van der Waals surface area contributed by atoms with Crippen LogP contribution in [0.15, 0.2) is 42.6 Å². The average molecular weight is 432 g/mol. The van der Waals surface area contributed by atoms with Gasteiger partial charge in [0, 0.05) is 34.6 Å². The highest BCUT2D eigenvalue weighted by Gasteiger charge is 2.26. The molecule has 2 heterocycles. The van der Waals surface area contributed by atoms with Gasteiger partial charge in [-0.15, -0.1) is 0 Å². The van der Waals surface area contributed by atoms with Gasteiger partial charge in [-0.3, -0.25) is 9.78 Å². The van der Waals surface area contributed by atoms with Gasteiger partial charge in [0.25, 0.3) is 5.91 Å². The van der Waals surface area contributed by atoms with Crippen LogP contribution >= 0.6 is 11.6 Å². The van der Waals surface area contributed by atoms with Gasteiger partial charge in [-0.05, 0) is 81.1 Å². The van der Waals surface area contributed by atoms with E-state index >= 15 is 0 Å². The topological polar surface area (TPSA) is 91.6 Å². The zero-order chi connectivity index (χ0) is 22.2. The lowest BCUT2D eigenvalue weighted by Gasteiger charge is -2.15. The first kappa shape index (κ1) is 21.0. The summed E-state index contributed by atoms with van der Waals surface area (Å²) in [5, 5.41) is 12.5. The summed E-state index contributed by atoms with van der Waals surface area (Å²) in [6.07, 6.45) is 3.79. The van der Waals surface area contributed by atoms with Gasteiger partial charge in [-0.2, -0.15) is 5.26 Å². The van der Waals surface area contributed by atoms with E-state index in [1.807, 2.05) is 31.2 Å². The van der Waals surface area contributed by atoms with Crippen LogP contribution in [-0.4, -0.2) is 20.9 Å². The molecular weight excluding hydrogens is 410 g/mol. The molecule has 0 unspecified atom stereocenters. The van der Waals surface area contributed by atoms with Crippen LogP contribution < -0.4 is 5.32 Å². The largest absolute Gasteiger partial charge is 0.322 e. The molecule has 2 aromatic heterocycles. The van der Waals surface area contributed by atoms with Gasteiger partial charge in [0.2, 0.25) is 5.28 Å². The highest BCUT2D eigenvalue weighted by molar-refractivity contribution is 6.28. The minimum Gasteiger partial charge on any atom is -0.322 e. The van der Waals surface area contributed by atoms with Gasteiger partial charge in [-0.25, -0.2) is 9.97 Å².